The van der Waals surface area contributed by atoms with Gasteiger partial charge in [-0.05, 0) is 34.7 Å². The van der Waals surface area contributed by atoms with Crippen LogP contribution in [0.15, 0.2) is 34.9 Å². The second kappa shape index (κ2) is 4.76. The molecule has 2 N–H and O–H groups in total. The first-order valence-electron chi connectivity index (χ1n) is 4.70. The standard InChI is InChI=1S/C11H11IN2O/c12-9-3-1-8(2-4-9)10-7-14-11(15-10)5-6-13/h1-4,7H,5-6,13H2. The topological polar surface area (TPSA) is 52.0 Å². The lowest BCUT2D eigenvalue weighted by Gasteiger charge is -1.95. The fraction of sp³-hybridized carbons (Fsp3) is 0.182. The van der Waals surface area contributed by atoms with Crippen molar-refractivity contribution in [1.82, 2.24) is 4.98 Å². The number of halogens is 1. The van der Waals surface area contributed by atoms with Crippen LogP contribution in [0.3, 0.4) is 0 Å². The molecule has 2 rings (SSSR count). The molecule has 0 fully saturated rings. The molecule has 0 bridgehead atoms. The van der Waals surface area contributed by atoms with Crippen LogP contribution in [0, 0.1) is 3.57 Å². The van der Waals surface area contributed by atoms with Gasteiger partial charge in [0.05, 0.1) is 6.20 Å². The van der Waals surface area contributed by atoms with Gasteiger partial charge >= 0.3 is 0 Å². The molecule has 78 valence electrons. The first-order chi connectivity index (χ1) is 7.29. The van der Waals surface area contributed by atoms with Crippen LogP contribution in [-0.2, 0) is 6.42 Å². The molecule has 1 aromatic heterocycles. The van der Waals surface area contributed by atoms with E-state index in [1.54, 1.807) is 6.20 Å². The summed E-state index contributed by atoms with van der Waals surface area (Å²) in [5, 5.41) is 0. The van der Waals surface area contributed by atoms with E-state index in [9.17, 15) is 0 Å². The molecule has 0 radical (unpaired) electrons. The summed E-state index contributed by atoms with van der Waals surface area (Å²) in [6.07, 6.45) is 2.43. The van der Waals surface area contributed by atoms with Crippen LogP contribution in [0.5, 0.6) is 0 Å². The molecule has 4 heteroatoms. The van der Waals surface area contributed by atoms with Crippen molar-refractivity contribution in [3.8, 4) is 11.3 Å². The van der Waals surface area contributed by atoms with E-state index in [4.69, 9.17) is 10.2 Å². The molecule has 0 spiro atoms. The summed E-state index contributed by atoms with van der Waals surface area (Å²) in [7, 11) is 0. The lowest BCUT2D eigenvalue weighted by Crippen LogP contribution is -2.02. The smallest absolute Gasteiger partial charge is 0.196 e. The van der Waals surface area contributed by atoms with Gasteiger partial charge in [-0.3, -0.25) is 0 Å². The van der Waals surface area contributed by atoms with Gasteiger partial charge in [0.15, 0.2) is 11.7 Å². The average Bonchev–Trinajstić information content (AvgIpc) is 2.68. The molecule has 0 aliphatic carbocycles. The number of hydrogen-bond donors (Lipinski definition) is 1. The van der Waals surface area contributed by atoms with Crippen molar-refractivity contribution in [2.45, 2.75) is 6.42 Å². The Balaban J connectivity index is 2.25. The monoisotopic (exact) mass is 314 g/mol. The first kappa shape index (κ1) is 10.6. The molecule has 0 atom stereocenters. The number of nitrogens with two attached hydrogens (primary N) is 1. The molecular weight excluding hydrogens is 303 g/mol. The van der Waals surface area contributed by atoms with Gasteiger partial charge in [-0.15, -0.1) is 0 Å². The maximum atomic E-state index is 5.56. The summed E-state index contributed by atoms with van der Waals surface area (Å²) in [6, 6.07) is 8.13. The van der Waals surface area contributed by atoms with Crippen LogP contribution in [0.4, 0.5) is 0 Å². The Labute approximate surface area is 102 Å². The number of nitrogens with zero attached hydrogens (tertiary/aromatic N) is 1. The third kappa shape index (κ3) is 2.57. The van der Waals surface area contributed by atoms with E-state index in [1.807, 2.05) is 24.3 Å². The van der Waals surface area contributed by atoms with E-state index >= 15 is 0 Å². The van der Waals surface area contributed by atoms with Crippen molar-refractivity contribution in [3.05, 3.63) is 39.9 Å². The zero-order valence-electron chi connectivity index (χ0n) is 8.11. The summed E-state index contributed by atoms with van der Waals surface area (Å²) in [6.45, 7) is 0.562. The van der Waals surface area contributed by atoms with E-state index in [-0.39, 0.29) is 0 Å². The Bertz CT molecular complexity index is 436. The van der Waals surface area contributed by atoms with Crippen molar-refractivity contribution in [2.75, 3.05) is 6.54 Å². The second-order valence-corrected chi connectivity index (χ2v) is 4.41. The van der Waals surface area contributed by atoms with Crippen LogP contribution >= 0.6 is 22.6 Å². The number of aromatic nitrogens is 1. The van der Waals surface area contributed by atoms with Crippen molar-refractivity contribution < 1.29 is 4.42 Å². The summed E-state index contributed by atoms with van der Waals surface area (Å²) >= 11 is 2.27. The maximum Gasteiger partial charge on any atom is 0.196 e. The quantitative estimate of drug-likeness (QED) is 0.886. The predicted octanol–water partition coefficient (Wildman–Crippen LogP) is 2.45. The van der Waals surface area contributed by atoms with Gasteiger partial charge in [0, 0.05) is 22.1 Å². The minimum atomic E-state index is 0.562. The molecule has 3 nitrogen and oxygen atoms in total. The van der Waals surface area contributed by atoms with Crippen LogP contribution in [0.25, 0.3) is 11.3 Å². The summed E-state index contributed by atoms with van der Waals surface area (Å²) in [5.74, 6) is 1.50. The van der Waals surface area contributed by atoms with Crippen LogP contribution in [0.1, 0.15) is 5.89 Å². The van der Waals surface area contributed by atoms with Crippen molar-refractivity contribution >= 4 is 22.6 Å². The van der Waals surface area contributed by atoms with Gasteiger partial charge in [0.1, 0.15) is 0 Å². The molecular formula is C11H11IN2O. The highest BCUT2D eigenvalue weighted by Gasteiger charge is 2.04. The van der Waals surface area contributed by atoms with Gasteiger partial charge in [0.2, 0.25) is 0 Å². The number of rotatable bonds is 3. The second-order valence-electron chi connectivity index (χ2n) is 3.16. The van der Waals surface area contributed by atoms with Gasteiger partial charge in [-0.1, -0.05) is 12.1 Å². The van der Waals surface area contributed by atoms with E-state index in [2.05, 4.69) is 27.6 Å². The highest BCUT2D eigenvalue weighted by atomic mass is 127. The Morgan fingerprint density at radius 3 is 2.67 bits per heavy atom. The van der Waals surface area contributed by atoms with Gasteiger partial charge in [-0.2, -0.15) is 0 Å². The summed E-state index contributed by atoms with van der Waals surface area (Å²) in [5.41, 5.74) is 6.47. The van der Waals surface area contributed by atoms with Gasteiger partial charge < -0.3 is 10.2 Å². The minimum absolute atomic E-state index is 0.562. The average molecular weight is 314 g/mol. The summed E-state index contributed by atoms with van der Waals surface area (Å²) < 4.78 is 6.76. The van der Waals surface area contributed by atoms with E-state index in [0.717, 1.165) is 11.3 Å². The zero-order chi connectivity index (χ0) is 10.7. The van der Waals surface area contributed by atoms with Gasteiger partial charge in [-0.25, -0.2) is 4.98 Å². The lowest BCUT2D eigenvalue weighted by molar-refractivity contribution is 0.508. The molecule has 0 saturated carbocycles. The third-order valence-electron chi connectivity index (χ3n) is 2.04. The maximum absolute atomic E-state index is 5.56. The molecule has 0 saturated heterocycles. The number of hydrogen-bond acceptors (Lipinski definition) is 3. The van der Waals surface area contributed by atoms with E-state index in [0.29, 0.717) is 18.9 Å². The van der Waals surface area contributed by atoms with Crippen molar-refractivity contribution in [2.24, 2.45) is 5.73 Å². The Hall–Kier alpha value is -0.880. The van der Waals surface area contributed by atoms with Crippen LogP contribution in [0.2, 0.25) is 0 Å². The molecule has 0 aliphatic heterocycles. The molecule has 0 amide bonds. The van der Waals surface area contributed by atoms with E-state index in [1.165, 1.54) is 3.57 Å². The summed E-state index contributed by atoms with van der Waals surface area (Å²) in [4.78, 5) is 4.16. The molecule has 2 aromatic rings. The highest BCUT2D eigenvalue weighted by molar-refractivity contribution is 14.1. The fourth-order valence-electron chi connectivity index (χ4n) is 1.30. The minimum Gasteiger partial charge on any atom is -0.441 e. The van der Waals surface area contributed by atoms with Gasteiger partial charge in [0.25, 0.3) is 0 Å². The number of oxazole rings is 1. The molecule has 1 aromatic carbocycles. The Morgan fingerprint density at radius 2 is 2.00 bits per heavy atom. The molecule has 15 heavy (non-hydrogen) atoms. The van der Waals surface area contributed by atoms with Crippen LogP contribution in [-0.4, -0.2) is 11.5 Å². The zero-order valence-corrected chi connectivity index (χ0v) is 10.3. The van der Waals surface area contributed by atoms with Crippen molar-refractivity contribution in [1.29, 1.82) is 0 Å². The fourth-order valence-corrected chi connectivity index (χ4v) is 1.66. The first-order valence-corrected chi connectivity index (χ1v) is 5.78. The lowest BCUT2D eigenvalue weighted by atomic mass is 10.2. The normalized spacial score (nSPS) is 10.5. The predicted molar refractivity (Wildman–Crippen MR) is 67.4 cm³/mol. The number of benzene rings is 1. The third-order valence-corrected chi connectivity index (χ3v) is 2.76. The molecule has 1 heterocycles. The van der Waals surface area contributed by atoms with Crippen LogP contribution < -0.4 is 5.73 Å². The molecule has 0 unspecified atom stereocenters. The Kier molecular flexibility index (Phi) is 3.37. The highest BCUT2D eigenvalue weighted by Crippen LogP contribution is 2.21. The van der Waals surface area contributed by atoms with E-state index < -0.39 is 0 Å². The largest absolute Gasteiger partial charge is 0.441 e. The SMILES string of the molecule is NCCc1ncc(-c2ccc(I)cc2)o1. The molecule has 0 aliphatic rings. The Morgan fingerprint density at radius 1 is 1.27 bits per heavy atom. The van der Waals surface area contributed by atoms with Crippen molar-refractivity contribution in [3.63, 3.8) is 0 Å².